The van der Waals surface area contributed by atoms with Gasteiger partial charge in [-0.3, -0.25) is 4.79 Å². The van der Waals surface area contributed by atoms with Gasteiger partial charge in [0.15, 0.2) is 5.60 Å². The third kappa shape index (κ3) is 2.33. The number of nitrogens with one attached hydrogen (secondary N) is 1. The number of carbonyl (C=O) groups excluding carboxylic acids is 1. The SMILES string of the molecule is CC(O)(CNC(=O)C1(CN)CCC1)C(=O)O. The number of amides is 1. The third-order valence-electron chi connectivity index (χ3n) is 3.24. The molecule has 0 heterocycles. The van der Waals surface area contributed by atoms with Crippen LogP contribution in [0.25, 0.3) is 0 Å². The van der Waals surface area contributed by atoms with Crippen molar-refractivity contribution in [1.29, 1.82) is 0 Å². The number of carboxylic acids is 1. The molecular weight excluding hydrogens is 212 g/mol. The van der Waals surface area contributed by atoms with Crippen LogP contribution in [0.5, 0.6) is 0 Å². The zero-order valence-electron chi connectivity index (χ0n) is 9.32. The standard InChI is InChI=1S/C10H18N2O4/c1-9(16,8(14)15)6-12-7(13)10(5-11)3-2-4-10/h16H,2-6,11H2,1H3,(H,12,13)(H,14,15). The van der Waals surface area contributed by atoms with Crippen molar-refractivity contribution in [2.75, 3.05) is 13.1 Å². The van der Waals surface area contributed by atoms with Gasteiger partial charge in [0.05, 0.1) is 12.0 Å². The normalized spacial score (nSPS) is 21.7. The second-order valence-corrected chi connectivity index (χ2v) is 4.60. The highest BCUT2D eigenvalue weighted by Gasteiger charge is 2.43. The van der Waals surface area contributed by atoms with Crippen molar-refractivity contribution >= 4 is 11.9 Å². The van der Waals surface area contributed by atoms with Crippen LogP contribution in [0, 0.1) is 5.41 Å². The van der Waals surface area contributed by atoms with Crippen molar-refractivity contribution in [3.63, 3.8) is 0 Å². The molecule has 6 nitrogen and oxygen atoms in total. The molecule has 0 bridgehead atoms. The first-order valence-corrected chi connectivity index (χ1v) is 5.28. The molecule has 1 amide bonds. The Balaban J connectivity index is 2.50. The molecule has 1 aliphatic rings. The molecule has 5 N–H and O–H groups in total. The Kier molecular flexibility index (Phi) is 3.54. The molecule has 92 valence electrons. The Morgan fingerprint density at radius 1 is 1.50 bits per heavy atom. The molecular formula is C10H18N2O4. The zero-order chi connectivity index (χ0) is 12.4. The van der Waals surface area contributed by atoms with E-state index in [2.05, 4.69) is 5.32 Å². The largest absolute Gasteiger partial charge is 0.479 e. The van der Waals surface area contributed by atoms with E-state index < -0.39 is 17.0 Å². The summed E-state index contributed by atoms with van der Waals surface area (Å²) in [6, 6.07) is 0. The maximum Gasteiger partial charge on any atom is 0.337 e. The van der Waals surface area contributed by atoms with Gasteiger partial charge in [-0.1, -0.05) is 6.42 Å². The van der Waals surface area contributed by atoms with Gasteiger partial charge in [-0.2, -0.15) is 0 Å². The van der Waals surface area contributed by atoms with E-state index in [9.17, 15) is 14.7 Å². The molecule has 6 heteroatoms. The number of nitrogens with two attached hydrogens (primary N) is 1. The van der Waals surface area contributed by atoms with Crippen molar-refractivity contribution in [2.24, 2.45) is 11.1 Å². The Morgan fingerprint density at radius 3 is 2.38 bits per heavy atom. The fourth-order valence-electron chi connectivity index (χ4n) is 1.64. The summed E-state index contributed by atoms with van der Waals surface area (Å²) in [6.45, 7) is 1.10. The van der Waals surface area contributed by atoms with E-state index in [-0.39, 0.29) is 19.0 Å². The van der Waals surface area contributed by atoms with Crippen LogP contribution in [0.4, 0.5) is 0 Å². The van der Waals surface area contributed by atoms with Crippen LogP contribution in [0.3, 0.4) is 0 Å². The van der Waals surface area contributed by atoms with E-state index in [1.165, 1.54) is 0 Å². The minimum absolute atomic E-state index is 0.258. The first-order chi connectivity index (χ1) is 7.34. The molecule has 1 unspecified atom stereocenters. The van der Waals surface area contributed by atoms with Crippen LogP contribution in [0.2, 0.25) is 0 Å². The highest BCUT2D eigenvalue weighted by Crippen LogP contribution is 2.39. The summed E-state index contributed by atoms with van der Waals surface area (Å²) < 4.78 is 0. The molecule has 16 heavy (non-hydrogen) atoms. The molecule has 0 radical (unpaired) electrons. The second kappa shape index (κ2) is 4.39. The van der Waals surface area contributed by atoms with Gasteiger partial charge in [0.1, 0.15) is 0 Å². The molecule has 0 aromatic heterocycles. The second-order valence-electron chi connectivity index (χ2n) is 4.60. The molecule has 0 aromatic rings. The Morgan fingerprint density at radius 2 is 2.06 bits per heavy atom. The average Bonchev–Trinajstić information content (AvgIpc) is 2.14. The topological polar surface area (TPSA) is 113 Å². The van der Waals surface area contributed by atoms with Gasteiger partial charge in [0.2, 0.25) is 5.91 Å². The van der Waals surface area contributed by atoms with Gasteiger partial charge in [-0.05, 0) is 19.8 Å². The van der Waals surface area contributed by atoms with Gasteiger partial charge in [-0.25, -0.2) is 4.79 Å². The minimum Gasteiger partial charge on any atom is -0.479 e. The van der Waals surface area contributed by atoms with Crippen LogP contribution < -0.4 is 11.1 Å². The van der Waals surface area contributed by atoms with Crippen LogP contribution >= 0.6 is 0 Å². The maximum atomic E-state index is 11.8. The van der Waals surface area contributed by atoms with Gasteiger partial charge in [-0.15, -0.1) is 0 Å². The van der Waals surface area contributed by atoms with E-state index in [4.69, 9.17) is 10.8 Å². The third-order valence-corrected chi connectivity index (χ3v) is 3.24. The van der Waals surface area contributed by atoms with E-state index in [1.54, 1.807) is 0 Å². The van der Waals surface area contributed by atoms with Crippen LogP contribution in [-0.2, 0) is 9.59 Å². The predicted octanol–water partition coefficient (Wildman–Crippen LogP) is -0.933. The molecule has 1 saturated carbocycles. The first-order valence-electron chi connectivity index (χ1n) is 5.28. The molecule has 0 spiro atoms. The molecule has 0 aromatic carbocycles. The highest BCUT2D eigenvalue weighted by molar-refractivity contribution is 5.85. The summed E-state index contributed by atoms with van der Waals surface area (Å²) in [6.07, 6.45) is 2.41. The van der Waals surface area contributed by atoms with E-state index in [0.29, 0.717) is 0 Å². The quantitative estimate of drug-likeness (QED) is 0.487. The van der Waals surface area contributed by atoms with E-state index in [1.807, 2.05) is 0 Å². The lowest BCUT2D eigenvalue weighted by Gasteiger charge is -2.39. The van der Waals surface area contributed by atoms with Crippen molar-refractivity contribution in [2.45, 2.75) is 31.8 Å². The van der Waals surface area contributed by atoms with E-state index >= 15 is 0 Å². The fraction of sp³-hybridized carbons (Fsp3) is 0.800. The number of aliphatic carboxylic acids is 1. The molecule has 1 aliphatic carbocycles. The average molecular weight is 230 g/mol. The Bertz CT molecular complexity index is 292. The van der Waals surface area contributed by atoms with Crippen LogP contribution in [-0.4, -0.2) is 40.8 Å². The number of hydrogen-bond acceptors (Lipinski definition) is 4. The van der Waals surface area contributed by atoms with Gasteiger partial charge in [0, 0.05) is 6.54 Å². The number of aliphatic hydroxyl groups is 1. The number of carbonyl (C=O) groups is 2. The van der Waals surface area contributed by atoms with Crippen molar-refractivity contribution in [3.05, 3.63) is 0 Å². The van der Waals surface area contributed by atoms with Crippen LogP contribution in [0.1, 0.15) is 26.2 Å². The lowest BCUT2D eigenvalue weighted by atomic mass is 9.68. The number of hydrogen-bond donors (Lipinski definition) is 4. The number of rotatable bonds is 5. The number of carboxylic acid groups (broad SMARTS) is 1. The van der Waals surface area contributed by atoms with Gasteiger partial charge in [0.25, 0.3) is 0 Å². The minimum atomic E-state index is -1.94. The molecule has 0 aliphatic heterocycles. The van der Waals surface area contributed by atoms with Crippen molar-refractivity contribution < 1.29 is 19.8 Å². The summed E-state index contributed by atoms with van der Waals surface area (Å²) in [5, 5.41) is 20.5. The lowest BCUT2D eigenvalue weighted by Crippen LogP contribution is -2.54. The van der Waals surface area contributed by atoms with E-state index in [0.717, 1.165) is 26.2 Å². The van der Waals surface area contributed by atoms with Crippen molar-refractivity contribution in [3.8, 4) is 0 Å². The van der Waals surface area contributed by atoms with Crippen LogP contribution in [0.15, 0.2) is 0 Å². The summed E-state index contributed by atoms with van der Waals surface area (Å²) in [5.74, 6) is -1.62. The van der Waals surface area contributed by atoms with Crippen molar-refractivity contribution in [1.82, 2.24) is 5.32 Å². The Hall–Kier alpha value is -1.14. The lowest BCUT2D eigenvalue weighted by molar-refractivity contribution is -0.156. The van der Waals surface area contributed by atoms with Gasteiger partial charge < -0.3 is 21.3 Å². The summed E-state index contributed by atoms with van der Waals surface area (Å²) in [7, 11) is 0. The Labute approximate surface area is 93.8 Å². The summed E-state index contributed by atoms with van der Waals surface area (Å²) >= 11 is 0. The first kappa shape index (κ1) is 12.9. The molecule has 1 fully saturated rings. The smallest absolute Gasteiger partial charge is 0.337 e. The molecule has 1 rings (SSSR count). The predicted molar refractivity (Wildman–Crippen MR) is 56.6 cm³/mol. The highest BCUT2D eigenvalue weighted by atomic mass is 16.4. The monoisotopic (exact) mass is 230 g/mol. The summed E-state index contributed by atoms with van der Waals surface area (Å²) in [5.41, 5.74) is 3.05. The zero-order valence-corrected chi connectivity index (χ0v) is 9.32. The maximum absolute atomic E-state index is 11.8. The molecule has 0 saturated heterocycles. The molecule has 1 atom stereocenters. The van der Waals surface area contributed by atoms with Gasteiger partial charge >= 0.3 is 5.97 Å². The summed E-state index contributed by atoms with van der Waals surface area (Å²) in [4.78, 5) is 22.4. The fourth-order valence-corrected chi connectivity index (χ4v) is 1.64.